The van der Waals surface area contributed by atoms with Crippen LogP contribution in [0.2, 0.25) is 0 Å². The van der Waals surface area contributed by atoms with Crippen molar-refractivity contribution < 1.29 is 18.3 Å². The zero-order chi connectivity index (χ0) is 15.6. The summed E-state index contributed by atoms with van der Waals surface area (Å²) in [6, 6.07) is 3.51. The highest BCUT2D eigenvalue weighted by molar-refractivity contribution is 7.89. The number of anilines is 1. The van der Waals surface area contributed by atoms with E-state index >= 15 is 0 Å². The van der Waals surface area contributed by atoms with Crippen molar-refractivity contribution in [2.75, 3.05) is 12.8 Å². The van der Waals surface area contributed by atoms with Crippen LogP contribution in [0, 0.1) is 0 Å². The fraction of sp³-hybridized carbons (Fsp3) is 0.167. The molecule has 0 amide bonds. The molecule has 21 heavy (non-hydrogen) atoms. The number of hydrogen-bond acceptors (Lipinski definition) is 5. The molecule has 0 atom stereocenters. The first-order valence-electron chi connectivity index (χ1n) is 5.90. The van der Waals surface area contributed by atoms with E-state index in [-0.39, 0.29) is 22.7 Å². The molecule has 1 aromatic heterocycles. The van der Waals surface area contributed by atoms with Gasteiger partial charge >= 0.3 is 5.97 Å². The molecule has 0 saturated heterocycles. The maximum absolute atomic E-state index is 12.4. The van der Waals surface area contributed by atoms with E-state index in [0.717, 1.165) is 10.4 Å². The molecule has 0 spiro atoms. The van der Waals surface area contributed by atoms with Crippen molar-refractivity contribution in [2.45, 2.75) is 11.4 Å². The second kappa shape index (κ2) is 5.54. The van der Waals surface area contributed by atoms with Crippen LogP contribution in [0.15, 0.2) is 35.5 Å². The van der Waals surface area contributed by atoms with Gasteiger partial charge in [-0.1, -0.05) is 0 Å². The molecule has 0 aliphatic rings. The van der Waals surface area contributed by atoms with Gasteiger partial charge in [0.25, 0.3) is 0 Å². The summed E-state index contributed by atoms with van der Waals surface area (Å²) in [5.41, 5.74) is 5.48. The number of carboxylic acids is 1. The summed E-state index contributed by atoms with van der Waals surface area (Å²) >= 11 is 0. The topological polar surface area (TPSA) is 129 Å². The van der Waals surface area contributed by atoms with Crippen LogP contribution in [0.1, 0.15) is 16.2 Å². The molecule has 1 heterocycles. The fourth-order valence-electron chi connectivity index (χ4n) is 1.76. The van der Waals surface area contributed by atoms with Crippen LogP contribution >= 0.6 is 0 Å². The van der Waals surface area contributed by atoms with Crippen molar-refractivity contribution in [3.8, 4) is 0 Å². The summed E-state index contributed by atoms with van der Waals surface area (Å²) in [7, 11) is -2.44. The second-order valence-corrected chi connectivity index (χ2v) is 6.37. The van der Waals surface area contributed by atoms with Crippen LogP contribution in [0.3, 0.4) is 0 Å². The zero-order valence-corrected chi connectivity index (χ0v) is 12.0. The number of benzene rings is 1. The van der Waals surface area contributed by atoms with Crippen LogP contribution in [0.4, 0.5) is 5.69 Å². The number of carboxylic acid groups (broad SMARTS) is 1. The van der Waals surface area contributed by atoms with Crippen molar-refractivity contribution in [2.24, 2.45) is 0 Å². The van der Waals surface area contributed by atoms with Crippen LogP contribution < -0.4 is 5.73 Å². The molecule has 2 rings (SSSR count). The molecule has 0 fully saturated rings. The lowest BCUT2D eigenvalue weighted by Gasteiger charge is -2.17. The Balaban J connectivity index is 2.33. The molecular formula is C12H14N4O4S. The molecule has 9 heteroatoms. The lowest BCUT2D eigenvalue weighted by atomic mass is 10.2. The largest absolute Gasteiger partial charge is 0.478 e. The third kappa shape index (κ3) is 3.03. The van der Waals surface area contributed by atoms with E-state index in [1.165, 1.54) is 25.4 Å². The van der Waals surface area contributed by atoms with Gasteiger partial charge in [0.2, 0.25) is 10.0 Å². The zero-order valence-electron chi connectivity index (χ0n) is 11.1. The number of aromatic amines is 1. The molecule has 0 saturated carbocycles. The highest BCUT2D eigenvalue weighted by Crippen LogP contribution is 2.23. The third-order valence-electron chi connectivity index (χ3n) is 2.87. The second-order valence-electron chi connectivity index (χ2n) is 4.35. The lowest BCUT2D eigenvalue weighted by Crippen LogP contribution is -2.27. The average Bonchev–Trinajstić information content (AvgIpc) is 2.90. The van der Waals surface area contributed by atoms with Crippen molar-refractivity contribution in [3.05, 3.63) is 42.0 Å². The van der Waals surface area contributed by atoms with E-state index in [0.29, 0.717) is 5.82 Å². The Morgan fingerprint density at radius 3 is 2.71 bits per heavy atom. The van der Waals surface area contributed by atoms with Gasteiger partial charge in [-0.15, -0.1) is 0 Å². The first-order valence-corrected chi connectivity index (χ1v) is 7.34. The quantitative estimate of drug-likeness (QED) is 0.690. The van der Waals surface area contributed by atoms with Gasteiger partial charge in [0.1, 0.15) is 10.7 Å². The summed E-state index contributed by atoms with van der Waals surface area (Å²) in [5, 5.41) is 8.86. The van der Waals surface area contributed by atoms with Gasteiger partial charge < -0.3 is 15.8 Å². The van der Waals surface area contributed by atoms with Crippen molar-refractivity contribution in [3.63, 3.8) is 0 Å². The molecule has 1 aromatic carbocycles. The molecule has 0 radical (unpaired) electrons. The molecule has 0 unspecified atom stereocenters. The minimum absolute atomic E-state index is 0.0510. The van der Waals surface area contributed by atoms with Gasteiger partial charge in [0.15, 0.2) is 0 Å². The summed E-state index contributed by atoms with van der Waals surface area (Å²) in [4.78, 5) is 17.5. The van der Waals surface area contributed by atoms with Crippen LogP contribution in [0.25, 0.3) is 0 Å². The molecule has 2 aromatic rings. The van der Waals surface area contributed by atoms with Crippen molar-refractivity contribution in [1.82, 2.24) is 14.3 Å². The van der Waals surface area contributed by atoms with Crippen LogP contribution in [-0.2, 0) is 16.6 Å². The summed E-state index contributed by atoms with van der Waals surface area (Å²) in [6.45, 7) is 0.0510. The van der Waals surface area contributed by atoms with E-state index in [2.05, 4.69) is 9.97 Å². The lowest BCUT2D eigenvalue weighted by molar-refractivity contribution is 0.0697. The molecular weight excluding hydrogens is 296 g/mol. The minimum Gasteiger partial charge on any atom is -0.478 e. The van der Waals surface area contributed by atoms with E-state index < -0.39 is 16.0 Å². The molecule has 0 aliphatic heterocycles. The van der Waals surface area contributed by atoms with Crippen molar-refractivity contribution >= 4 is 21.7 Å². The first kappa shape index (κ1) is 15.0. The predicted molar refractivity (Wildman–Crippen MR) is 75.1 cm³/mol. The maximum Gasteiger partial charge on any atom is 0.335 e. The summed E-state index contributed by atoms with van der Waals surface area (Å²) < 4.78 is 25.9. The van der Waals surface area contributed by atoms with E-state index in [1.807, 2.05) is 0 Å². The number of aromatic nitrogens is 2. The van der Waals surface area contributed by atoms with Gasteiger partial charge in [-0.05, 0) is 18.2 Å². The fourth-order valence-corrected chi connectivity index (χ4v) is 2.99. The molecule has 8 nitrogen and oxygen atoms in total. The van der Waals surface area contributed by atoms with E-state index in [9.17, 15) is 13.2 Å². The highest BCUT2D eigenvalue weighted by Gasteiger charge is 2.24. The standard InChI is InChI=1S/C12H14N4O4S/c1-16(7-11-14-4-5-15-11)21(19,20)10-3-2-8(12(17)18)6-9(10)13/h2-6H,7,13H2,1H3,(H,14,15)(H,17,18). The smallest absolute Gasteiger partial charge is 0.335 e. The Kier molecular flexibility index (Phi) is 3.96. The highest BCUT2D eigenvalue weighted by atomic mass is 32.2. The Bertz CT molecular complexity index is 756. The number of imidazole rings is 1. The van der Waals surface area contributed by atoms with Crippen LogP contribution in [-0.4, -0.2) is 40.8 Å². The van der Waals surface area contributed by atoms with Gasteiger partial charge in [-0.3, -0.25) is 0 Å². The monoisotopic (exact) mass is 310 g/mol. The summed E-state index contributed by atoms with van der Waals surface area (Å²) in [6.07, 6.45) is 3.11. The number of nitrogens with zero attached hydrogens (tertiary/aromatic N) is 2. The average molecular weight is 310 g/mol. The van der Waals surface area contributed by atoms with Crippen LogP contribution in [0.5, 0.6) is 0 Å². The number of aromatic carboxylic acids is 1. The molecule has 0 aliphatic carbocycles. The number of hydrogen-bond donors (Lipinski definition) is 3. The van der Waals surface area contributed by atoms with Crippen molar-refractivity contribution in [1.29, 1.82) is 0 Å². The molecule has 112 valence electrons. The molecule has 0 bridgehead atoms. The number of nitrogen functional groups attached to an aromatic ring is 1. The number of nitrogens with one attached hydrogen (secondary N) is 1. The number of carbonyl (C=O) groups is 1. The Labute approximate surface area is 121 Å². The van der Waals surface area contributed by atoms with E-state index in [1.54, 1.807) is 6.20 Å². The summed E-state index contributed by atoms with van der Waals surface area (Å²) in [5.74, 6) is -0.684. The van der Waals surface area contributed by atoms with Gasteiger partial charge in [0, 0.05) is 19.4 Å². The Hall–Kier alpha value is -2.39. The number of H-pyrrole nitrogens is 1. The molecule has 4 N–H and O–H groups in total. The Morgan fingerprint density at radius 1 is 1.48 bits per heavy atom. The van der Waals surface area contributed by atoms with Gasteiger partial charge in [0.05, 0.1) is 17.8 Å². The number of sulfonamides is 1. The van der Waals surface area contributed by atoms with E-state index in [4.69, 9.17) is 10.8 Å². The third-order valence-corrected chi connectivity index (χ3v) is 4.75. The SMILES string of the molecule is CN(Cc1ncc[nH]1)S(=O)(=O)c1ccc(C(=O)O)cc1N. The normalized spacial score (nSPS) is 11.7. The Morgan fingerprint density at radius 2 is 2.19 bits per heavy atom. The first-order chi connectivity index (χ1) is 9.82. The van der Waals surface area contributed by atoms with Gasteiger partial charge in [-0.2, -0.15) is 4.31 Å². The predicted octanol–water partition coefficient (Wildman–Crippen LogP) is 0.511. The number of rotatable bonds is 5. The minimum atomic E-state index is -3.83. The maximum atomic E-state index is 12.4. The van der Waals surface area contributed by atoms with Gasteiger partial charge in [-0.25, -0.2) is 18.2 Å². The number of nitrogens with two attached hydrogens (primary N) is 1.